The summed E-state index contributed by atoms with van der Waals surface area (Å²) in [4.78, 5) is 19.5. The van der Waals surface area contributed by atoms with Gasteiger partial charge in [0.25, 0.3) is 0 Å². The Balaban J connectivity index is 1.34. The third-order valence-corrected chi connectivity index (χ3v) is 6.34. The van der Waals surface area contributed by atoms with Crippen molar-refractivity contribution in [3.63, 3.8) is 0 Å². The second-order valence-corrected chi connectivity index (χ2v) is 8.65. The van der Waals surface area contributed by atoms with E-state index in [1.165, 1.54) is 11.1 Å². The molecule has 0 aliphatic carbocycles. The standard InChI is InChI=1S/C26H24N6O/c1-18-9-10-23(19(2)13-18)32-26(29-11-5-6-12-29)20-14-30(15-22(20)28-32)25(33)16-31-17-27-21-7-3-4-8-24(21)31/h3-13,17H,14-16H2,1-2H3. The predicted octanol–water partition coefficient (Wildman–Crippen LogP) is 4.17. The van der Waals surface area contributed by atoms with Crippen LogP contribution < -0.4 is 0 Å². The first-order valence-electron chi connectivity index (χ1n) is 11.1. The highest BCUT2D eigenvalue weighted by Gasteiger charge is 2.31. The van der Waals surface area contributed by atoms with Gasteiger partial charge in [-0.25, -0.2) is 9.67 Å². The number of imidazole rings is 1. The molecule has 7 heteroatoms. The highest BCUT2D eigenvalue weighted by atomic mass is 16.2. The van der Waals surface area contributed by atoms with Crippen LogP contribution in [0.5, 0.6) is 0 Å². The smallest absolute Gasteiger partial charge is 0.243 e. The van der Waals surface area contributed by atoms with Gasteiger partial charge in [0.05, 0.1) is 41.8 Å². The fraction of sp³-hybridized carbons (Fsp3) is 0.192. The predicted molar refractivity (Wildman–Crippen MR) is 126 cm³/mol. The Hall–Kier alpha value is -4.13. The van der Waals surface area contributed by atoms with Gasteiger partial charge in [0.15, 0.2) is 0 Å². The van der Waals surface area contributed by atoms with E-state index in [4.69, 9.17) is 5.10 Å². The van der Waals surface area contributed by atoms with Gasteiger partial charge in [-0.3, -0.25) is 4.79 Å². The van der Waals surface area contributed by atoms with E-state index in [-0.39, 0.29) is 12.5 Å². The summed E-state index contributed by atoms with van der Waals surface area (Å²) in [7, 11) is 0. The van der Waals surface area contributed by atoms with Crippen molar-refractivity contribution in [2.75, 3.05) is 0 Å². The molecule has 0 fully saturated rings. The van der Waals surface area contributed by atoms with Crippen LogP contribution in [-0.2, 0) is 24.4 Å². The molecule has 0 N–H and O–H groups in total. The second-order valence-electron chi connectivity index (χ2n) is 8.65. The number of hydrogen-bond acceptors (Lipinski definition) is 3. The normalized spacial score (nSPS) is 13.1. The van der Waals surface area contributed by atoms with Crippen LogP contribution in [0.15, 0.2) is 73.3 Å². The van der Waals surface area contributed by atoms with Crippen molar-refractivity contribution in [1.29, 1.82) is 0 Å². The van der Waals surface area contributed by atoms with Gasteiger partial charge in [-0.2, -0.15) is 5.10 Å². The molecule has 1 aliphatic rings. The van der Waals surface area contributed by atoms with E-state index >= 15 is 0 Å². The molecule has 4 heterocycles. The molecular weight excluding hydrogens is 412 g/mol. The number of amides is 1. The summed E-state index contributed by atoms with van der Waals surface area (Å²) in [6, 6.07) is 18.3. The molecule has 1 amide bonds. The first kappa shape index (κ1) is 19.5. The highest BCUT2D eigenvalue weighted by Crippen LogP contribution is 2.31. The quantitative estimate of drug-likeness (QED) is 0.425. The Labute approximate surface area is 191 Å². The average molecular weight is 437 g/mol. The van der Waals surface area contributed by atoms with Crippen molar-refractivity contribution in [3.05, 3.63) is 95.7 Å². The van der Waals surface area contributed by atoms with Gasteiger partial charge in [0.1, 0.15) is 12.4 Å². The van der Waals surface area contributed by atoms with E-state index in [1.807, 2.05) is 62.9 Å². The van der Waals surface area contributed by atoms with Crippen LogP contribution in [0.3, 0.4) is 0 Å². The Morgan fingerprint density at radius 2 is 1.82 bits per heavy atom. The van der Waals surface area contributed by atoms with E-state index in [2.05, 4.69) is 41.6 Å². The van der Waals surface area contributed by atoms with Gasteiger partial charge < -0.3 is 14.0 Å². The molecule has 0 unspecified atom stereocenters. The molecular formula is C26H24N6O. The van der Waals surface area contributed by atoms with Gasteiger partial charge >= 0.3 is 0 Å². The maximum atomic E-state index is 13.2. The van der Waals surface area contributed by atoms with Gasteiger partial charge in [-0.05, 0) is 49.7 Å². The largest absolute Gasteiger partial charge is 0.331 e. The minimum Gasteiger partial charge on any atom is -0.331 e. The van der Waals surface area contributed by atoms with Gasteiger partial charge in [0.2, 0.25) is 5.91 Å². The second kappa shape index (κ2) is 7.48. The topological polar surface area (TPSA) is 60.9 Å². The molecule has 3 aromatic heterocycles. The number of fused-ring (bicyclic) bond motifs is 2. The number of aryl methyl sites for hydroxylation is 2. The number of hydrogen-bond donors (Lipinski definition) is 0. The van der Waals surface area contributed by atoms with Crippen molar-refractivity contribution in [2.24, 2.45) is 0 Å². The van der Waals surface area contributed by atoms with E-state index in [9.17, 15) is 4.79 Å². The van der Waals surface area contributed by atoms with Crippen molar-refractivity contribution < 1.29 is 4.79 Å². The highest BCUT2D eigenvalue weighted by molar-refractivity contribution is 5.81. The lowest BCUT2D eigenvalue weighted by Crippen LogP contribution is -2.29. The summed E-state index contributed by atoms with van der Waals surface area (Å²) in [5.41, 5.74) is 7.36. The number of rotatable bonds is 4. The number of benzene rings is 2. The zero-order valence-electron chi connectivity index (χ0n) is 18.6. The first-order valence-corrected chi connectivity index (χ1v) is 11.1. The number of aromatic nitrogens is 5. The molecule has 0 bridgehead atoms. The van der Waals surface area contributed by atoms with Crippen molar-refractivity contribution in [2.45, 2.75) is 33.5 Å². The molecule has 2 aromatic carbocycles. The van der Waals surface area contributed by atoms with Crippen LogP contribution in [-0.4, -0.2) is 34.7 Å². The molecule has 0 saturated heterocycles. The maximum absolute atomic E-state index is 13.2. The molecule has 5 aromatic rings. The van der Waals surface area contributed by atoms with E-state index in [1.54, 1.807) is 6.33 Å². The number of para-hydroxylation sites is 2. The Morgan fingerprint density at radius 1 is 1.00 bits per heavy atom. The number of nitrogens with zero attached hydrogens (tertiary/aromatic N) is 6. The zero-order valence-corrected chi connectivity index (χ0v) is 18.6. The summed E-state index contributed by atoms with van der Waals surface area (Å²) in [6.07, 6.45) is 5.79. The lowest BCUT2D eigenvalue weighted by molar-refractivity contribution is -0.132. The monoisotopic (exact) mass is 436 g/mol. The fourth-order valence-electron chi connectivity index (χ4n) is 4.71. The average Bonchev–Trinajstić information content (AvgIpc) is 3.57. The molecule has 33 heavy (non-hydrogen) atoms. The molecule has 0 radical (unpaired) electrons. The molecule has 0 spiro atoms. The number of carbonyl (C=O) groups is 1. The van der Waals surface area contributed by atoms with E-state index in [0.717, 1.165) is 33.8 Å². The zero-order chi connectivity index (χ0) is 22.5. The van der Waals surface area contributed by atoms with Crippen molar-refractivity contribution >= 4 is 16.9 Å². The van der Waals surface area contributed by atoms with Gasteiger partial charge in [0, 0.05) is 18.0 Å². The van der Waals surface area contributed by atoms with Crippen LogP contribution in [0.4, 0.5) is 0 Å². The van der Waals surface area contributed by atoms with Crippen LogP contribution in [0, 0.1) is 13.8 Å². The molecule has 0 saturated carbocycles. The Bertz CT molecular complexity index is 1490. The summed E-state index contributed by atoms with van der Waals surface area (Å²) >= 11 is 0. The maximum Gasteiger partial charge on any atom is 0.243 e. The van der Waals surface area contributed by atoms with Crippen molar-refractivity contribution in [1.82, 2.24) is 28.8 Å². The van der Waals surface area contributed by atoms with Crippen LogP contribution in [0.25, 0.3) is 22.5 Å². The lowest BCUT2D eigenvalue weighted by Gasteiger charge is -2.18. The lowest BCUT2D eigenvalue weighted by atomic mass is 10.1. The third kappa shape index (κ3) is 3.24. The van der Waals surface area contributed by atoms with Gasteiger partial charge in [-0.15, -0.1) is 0 Å². The minimum atomic E-state index is 0.0627. The summed E-state index contributed by atoms with van der Waals surface area (Å²) in [5, 5.41) is 4.97. The van der Waals surface area contributed by atoms with Crippen molar-refractivity contribution in [3.8, 4) is 11.5 Å². The number of carbonyl (C=O) groups excluding carboxylic acids is 1. The van der Waals surface area contributed by atoms with Crippen LogP contribution in [0.1, 0.15) is 22.4 Å². The minimum absolute atomic E-state index is 0.0627. The first-order chi connectivity index (χ1) is 16.1. The molecule has 7 nitrogen and oxygen atoms in total. The third-order valence-electron chi connectivity index (χ3n) is 6.34. The molecule has 0 atom stereocenters. The molecule has 164 valence electrons. The summed E-state index contributed by atoms with van der Waals surface area (Å²) < 4.78 is 6.02. The van der Waals surface area contributed by atoms with E-state index < -0.39 is 0 Å². The van der Waals surface area contributed by atoms with Crippen LogP contribution in [0.2, 0.25) is 0 Å². The summed E-state index contributed by atoms with van der Waals surface area (Å²) in [5.74, 6) is 1.05. The summed E-state index contributed by atoms with van der Waals surface area (Å²) in [6.45, 7) is 5.52. The fourth-order valence-corrected chi connectivity index (χ4v) is 4.71. The Morgan fingerprint density at radius 3 is 2.64 bits per heavy atom. The van der Waals surface area contributed by atoms with Crippen LogP contribution >= 0.6 is 0 Å². The molecule has 6 rings (SSSR count). The Kier molecular flexibility index (Phi) is 4.43. The SMILES string of the molecule is Cc1ccc(-n2nc3c(c2-n2cccc2)CN(C(=O)Cn2cnc4ccccc42)C3)c(C)c1. The molecule has 1 aliphatic heterocycles. The van der Waals surface area contributed by atoms with E-state index in [0.29, 0.717) is 13.1 Å². The van der Waals surface area contributed by atoms with Gasteiger partial charge in [-0.1, -0.05) is 29.8 Å².